The second kappa shape index (κ2) is 7.73. The monoisotopic (exact) mass is 272 g/mol. The highest BCUT2D eigenvalue weighted by Crippen LogP contribution is 2.01. The standard InChI is InChI=1S/C12H22N3O4/c1-5-18-11(16)10(2)13-19-12(14(3)4)15-6-8-17-9-7-15/h5-9H2,1-4H3/q+1/b13-10-. The zero-order chi connectivity index (χ0) is 14.3. The third-order valence-corrected chi connectivity index (χ3v) is 2.50. The molecule has 0 unspecified atom stereocenters. The molecule has 0 aromatic rings. The Morgan fingerprint density at radius 1 is 1.37 bits per heavy atom. The Morgan fingerprint density at radius 3 is 2.53 bits per heavy atom. The first-order valence-electron chi connectivity index (χ1n) is 6.32. The second-order valence-electron chi connectivity index (χ2n) is 4.26. The summed E-state index contributed by atoms with van der Waals surface area (Å²) < 4.78 is 11.9. The van der Waals surface area contributed by atoms with E-state index in [1.54, 1.807) is 13.8 Å². The van der Waals surface area contributed by atoms with Crippen molar-refractivity contribution in [3.05, 3.63) is 0 Å². The maximum absolute atomic E-state index is 11.4. The van der Waals surface area contributed by atoms with Gasteiger partial charge in [0.05, 0.1) is 33.9 Å². The van der Waals surface area contributed by atoms with Crippen LogP contribution in [0.5, 0.6) is 0 Å². The Bertz CT molecular complexity index is 369. The zero-order valence-corrected chi connectivity index (χ0v) is 12.0. The van der Waals surface area contributed by atoms with Gasteiger partial charge in [-0.2, -0.15) is 0 Å². The van der Waals surface area contributed by atoms with E-state index in [0.29, 0.717) is 25.8 Å². The van der Waals surface area contributed by atoms with Gasteiger partial charge in [0.1, 0.15) is 13.1 Å². The van der Waals surface area contributed by atoms with Crippen molar-refractivity contribution in [2.75, 3.05) is 47.0 Å². The molecule has 1 fully saturated rings. The summed E-state index contributed by atoms with van der Waals surface area (Å²) in [6.45, 7) is 6.41. The molecule has 1 heterocycles. The van der Waals surface area contributed by atoms with Crippen molar-refractivity contribution >= 4 is 17.7 Å². The number of carbonyl (C=O) groups is 1. The average molecular weight is 272 g/mol. The van der Waals surface area contributed by atoms with Gasteiger partial charge in [0.15, 0.2) is 5.71 Å². The summed E-state index contributed by atoms with van der Waals surface area (Å²) in [7, 11) is 3.72. The maximum atomic E-state index is 11.4. The number of nitrogens with zero attached hydrogens (tertiary/aromatic N) is 3. The van der Waals surface area contributed by atoms with Crippen molar-refractivity contribution in [3.8, 4) is 0 Å². The van der Waals surface area contributed by atoms with E-state index in [4.69, 9.17) is 14.3 Å². The lowest BCUT2D eigenvalue weighted by atomic mass is 10.4. The first-order valence-corrected chi connectivity index (χ1v) is 6.32. The molecule has 0 radical (unpaired) electrons. The normalized spacial score (nSPS) is 16.0. The zero-order valence-electron chi connectivity index (χ0n) is 12.0. The fourth-order valence-corrected chi connectivity index (χ4v) is 1.56. The third-order valence-electron chi connectivity index (χ3n) is 2.50. The van der Waals surface area contributed by atoms with E-state index in [9.17, 15) is 4.79 Å². The lowest BCUT2D eigenvalue weighted by molar-refractivity contribution is -0.481. The summed E-state index contributed by atoms with van der Waals surface area (Å²) in [6, 6.07) is 0.590. The largest absolute Gasteiger partial charge is 0.472 e. The predicted octanol–water partition coefficient (Wildman–Crippen LogP) is -0.0977. The van der Waals surface area contributed by atoms with Gasteiger partial charge in [-0.15, -0.1) is 0 Å². The molecule has 0 bridgehead atoms. The number of rotatable bonds is 3. The first-order chi connectivity index (χ1) is 9.06. The van der Waals surface area contributed by atoms with E-state index in [1.807, 2.05) is 23.6 Å². The van der Waals surface area contributed by atoms with E-state index in [0.717, 1.165) is 13.1 Å². The van der Waals surface area contributed by atoms with Gasteiger partial charge in [0.25, 0.3) is 0 Å². The minimum Gasteiger partial charge on any atom is -0.461 e. The van der Waals surface area contributed by atoms with Crippen molar-refractivity contribution in [3.63, 3.8) is 0 Å². The fourth-order valence-electron chi connectivity index (χ4n) is 1.56. The number of esters is 1. The van der Waals surface area contributed by atoms with Gasteiger partial charge in [-0.25, -0.2) is 14.3 Å². The Hall–Kier alpha value is -1.63. The van der Waals surface area contributed by atoms with Gasteiger partial charge in [0, 0.05) is 0 Å². The highest BCUT2D eigenvalue weighted by molar-refractivity contribution is 6.35. The minimum absolute atomic E-state index is 0.189. The topological polar surface area (TPSA) is 63.4 Å². The van der Waals surface area contributed by atoms with E-state index in [2.05, 4.69) is 5.16 Å². The van der Waals surface area contributed by atoms with Crippen LogP contribution in [-0.4, -0.2) is 74.2 Å². The SMILES string of the molecule is CCOC(=O)/C(C)=N\OC(N1CCOCC1)=[N+](C)C. The molecule has 0 aliphatic carbocycles. The molecule has 19 heavy (non-hydrogen) atoms. The smallest absolute Gasteiger partial charge is 0.461 e. The highest BCUT2D eigenvalue weighted by Gasteiger charge is 2.26. The molecule has 108 valence electrons. The van der Waals surface area contributed by atoms with Crippen LogP contribution in [0.25, 0.3) is 0 Å². The van der Waals surface area contributed by atoms with Crippen LogP contribution in [0.1, 0.15) is 13.8 Å². The van der Waals surface area contributed by atoms with Gasteiger partial charge in [-0.05, 0) is 13.8 Å². The van der Waals surface area contributed by atoms with E-state index in [-0.39, 0.29) is 5.71 Å². The fraction of sp³-hybridized carbons (Fsp3) is 0.750. The molecular formula is C12H22N3O4+. The Morgan fingerprint density at radius 2 is 2.00 bits per heavy atom. The molecule has 1 aliphatic rings. The van der Waals surface area contributed by atoms with Crippen molar-refractivity contribution in [1.82, 2.24) is 4.90 Å². The molecule has 1 aliphatic heterocycles. The Balaban J connectivity index is 2.67. The molecule has 7 heteroatoms. The van der Waals surface area contributed by atoms with Gasteiger partial charge in [-0.1, -0.05) is 5.16 Å². The Labute approximate surface area is 113 Å². The Kier molecular flexibility index (Phi) is 6.27. The highest BCUT2D eigenvalue weighted by atomic mass is 16.7. The minimum atomic E-state index is -0.470. The summed E-state index contributed by atoms with van der Waals surface area (Å²) >= 11 is 0. The van der Waals surface area contributed by atoms with Crippen LogP contribution in [0.15, 0.2) is 5.16 Å². The second-order valence-corrected chi connectivity index (χ2v) is 4.26. The van der Waals surface area contributed by atoms with Crippen LogP contribution in [0.4, 0.5) is 0 Å². The van der Waals surface area contributed by atoms with Gasteiger partial charge >= 0.3 is 12.0 Å². The first kappa shape index (κ1) is 15.4. The lowest BCUT2D eigenvalue weighted by Gasteiger charge is -2.21. The number of hydrogen-bond donors (Lipinski definition) is 0. The van der Waals surface area contributed by atoms with E-state index in [1.165, 1.54) is 0 Å². The van der Waals surface area contributed by atoms with Crippen LogP contribution in [0.3, 0.4) is 0 Å². The summed E-state index contributed by atoms with van der Waals surface area (Å²) in [5, 5.41) is 3.82. The van der Waals surface area contributed by atoms with Gasteiger partial charge in [0.2, 0.25) is 0 Å². The molecule has 1 rings (SSSR count). The summed E-state index contributed by atoms with van der Waals surface area (Å²) in [5.74, 6) is -0.470. The van der Waals surface area contributed by atoms with Crippen LogP contribution in [0.2, 0.25) is 0 Å². The molecule has 0 aromatic carbocycles. The number of oxime groups is 1. The molecule has 0 N–H and O–H groups in total. The summed E-state index contributed by atoms with van der Waals surface area (Å²) in [5.41, 5.74) is 0.189. The molecule has 7 nitrogen and oxygen atoms in total. The van der Waals surface area contributed by atoms with E-state index < -0.39 is 5.97 Å². The molecule has 0 amide bonds. The number of hydrogen-bond acceptors (Lipinski definition) is 5. The van der Waals surface area contributed by atoms with E-state index >= 15 is 0 Å². The van der Waals surface area contributed by atoms with Crippen LogP contribution >= 0.6 is 0 Å². The maximum Gasteiger partial charge on any atom is 0.472 e. The van der Waals surface area contributed by atoms with Crippen LogP contribution in [-0.2, 0) is 19.1 Å². The molecular weight excluding hydrogens is 250 g/mol. The molecule has 1 saturated heterocycles. The average Bonchev–Trinajstić information content (AvgIpc) is 2.39. The quantitative estimate of drug-likeness (QED) is 0.236. The molecule has 0 atom stereocenters. The summed E-state index contributed by atoms with van der Waals surface area (Å²) in [4.78, 5) is 18.8. The van der Waals surface area contributed by atoms with Gasteiger partial charge < -0.3 is 9.47 Å². The molecule has 0 saturated carbocycles. The number of morpholine rings is 1. The van der Waals surface area contributed by atoms with Crippen molar-refractivity contribution in [2.45, 2.75) is 13.8 Å². The van der Waals surface area contributed by atoms with Gasteiger partial charge in [-0.3, -0.25) is 4.84 Å². The lowest BCUT2D eigenvalue weighted by Crippen LogP contribution is -2.44. The third kappa shape index (κ3) is 4.86. The number of carbonyl (C=O) groups excluding carboxylic acids is 1. The molecule has 0 spiro atoms. The number of amidine groups is 1. The van der Waals surface area contributed by atoms with Crippen molar-refractivity contribution in [2.24, 2.45) is 5.16 Å². The van der Waals surface area contributed by atoms with Crippen molar-refractivity contribution < 1.29 is 23.7 Å². The van der Waals surface area contributed by atoms with Crippen LogP contribution < -0.4 is 0 Å². The molecule has 0 aromatic heterocycles. The number of ether oxygens (including phenoxy) is 2. The van der Waals surface area contributed by atoms with Crippen molar-refractivity contribution in [1.29, 1.82) is 0 Å². The predicted molar refractivity (Wildman–Crippen MR) is 70.3 cm³/mol. The van der Waals surface area contributed by atoms with Crippen LogP contribution in [0, 0.1) is 0 Å². The summed E-state index contributed by atoms with van der Waals surface area (Å²) in [6.07, 6.45) is 0.